The summed E-state index contributed by atoms with van der Waals surface area (Å²) < 4.78 is 0. The molecule has 0 bridgehead atoms. The van der Waals surface area contributed by atoms with Crippen LogP contribution in [0.2, 0.25) is 0 Å². The van der Waals surface area contributed by atoms with Crippen LogP contribution in [0.15, 0.2) is 48.4 Å². The Bertz CT molecular complexity index is 828. The third-order valence-electron chi connectivity index (χ3n) is 5.58. The van der Waals surface area contributed by atoms with Crippen molar-refractivity contribution in [2.24, 2.45) is 0 Å². The van der Waals surface area contributed by atoms with Crippen molar-refractivity contribution in [3.63, 3.8) is 0 Å². The van der Waals surface area contributed by atoms with E-state index in [-0.39, 0.29) is 5.91 Å². The van der Waals surface area contributed by atoms with Crippen LogP contribution < -0.4 is 15.1 Å². The molecule has 2 aromatic rings. The van der Waals surface area contributed by atoms with Gasteiger partial charge in [-0.25, -0.2) is 15.0 Å². The van der Waals surface area contributed by atoms with Crippen LogP contribution in [0.1, 0.15) is 42.6 Å². The predicted octanol–water partition coefficient (Wildman–Crippen LogP) is 2.82. The lowest BCUT2D eigenvalue weighted by Crippen LogP contribution is -2.47. The quantitative estimate of drug-likeness (QED) is 0.762. The normalized spacial score (nSPS) is 17.0. The number of nitrogens with zero attached hydrogens (tertiary/aromatic N) is 5. The molecule has 0 radical (unpaired) electrons. The smallest absolute Gasteiger partial charge is 0.269 e. The third kappa shape index (κ3) is 5.10. The molecule has 0 saturated carbocycles. The van der Waals surface area contributed by atoms with Crippen molar-refractivity contribution in [2.75, 3.05) is 42.5 Å². The molecule has 3 heterocycles. The Morgan fingerprint density at radius 3 is 2.48 bits per heavy atom. The number of carbonyl (C=O) groups excluding carboxylic acids is 1. The van der Waals surface area contributed by atoms with E-state index in [2.05, 4.69) is 36.1 Å². The number of hydrogen-bond acceptors (Lipinski definition) is 6. The van der Waals surface area contributed by atoms with Crippen molar-refractivity contribution in [2.45, 2.75) is 32.1 Å². The molecule has 1 saturated heterocycles. The number of pyridine rings is 1. The summed E-state index contributed by atoms with van der Waals surface area (Å²) in [4.78, 5) is 29.8. The van der Waals surface area contributed by atoms with Crippen LogP contribution in [0.25, 0.3) is 0 Å². The second-order valence-corrected chi connectivity index (χ2v) is 7.54. The van der Waals surface area contributed by atoms with Crippen LogP contribution in [0.3, 0.4) is 0 Å². The minimum Gasteiger partial charge on any atom is -0.367 e. The van der Waals surface area contributed by atoms with Crippen molar-refractivity contribution in [3.8, 4) is 0 Å². The van der Waals surface area contributed by atoms with Crippen LogP contribution in [-0.2, 0) is 0 Å². The molecule has 2 aromatic heterocycles. The lowest BCUT2D eigenvalue weighted by Gasteiger charge is -2.35. The molecule has 1 amide bonds. The van der Waals surface area contributed by atoms with Gasteiger partial charge in [-0.05, 0) is 50.3 Å². The van der Waals surface area contributed by atoms with Gasteiger partial charge in [0.25, 0.3) is 5.91 Å². The second-order valence-electron chi connectivity index (χ2n) is 7.54. The maximum absolute atomic E-state index is 12.3. The van der Waals surface area contributed by atoms with Gasteiger partial charge in [0.15, 0.2) is 0 Å². The summed E-state index contributed by atoms with van der Waals surface area (Å²) in [7, 11) is 0. The van der Waals surface area contributed by atoms with Crippen LogP contribution in [0, 0.1) is 0 Å². The van der Waals surface area contributed by atoms with Gasteiger partial charge in [0.2, 0.25) is 5.95 Å². The van der Waals surface area contributed by atoms with E-state index in [4.69, 9.17) is 0 Å². The first-order chi connectivity index (χ1) is 14.3. The fourth-order valence-electron chi connectivity index (χ4n) is 3.89. The third-order valence-corrected chi connectivity index (χ3v) is 5.58. The van der Waals surface area contributed by atoms with Crippen LogP contribution >= 0.6 is 0 Å². The summed E-state index contributed by atoms with van der Waals surface area (Å²) in [6.45, 7) is 4.16. The first kappa shape index (κ1) is 19.4. The minimum atomic E-state index is -0.0981. The summed E-state index contributed by atoms with van der Waals surface area (Å²) in [5, 5.41) is 2.99. The van der Waals surface area contributed by atoms with E-state index >= 15 is 0 Å². The highest BCUT2D eigenvalue weighted by Gasteiger charge is 2.19. The standard InChI is InChI=1S/C22H28N6O/c29-21(23-12-9-18-5-2-1-3-6-18)20-8-7-19(17-26-20)27-13-15-28(16-14-27)22-24-10-4-11-25-22/h4-5,7-8,10-11,17H,1-3,6,9,12-16H2,(H,23,29). The molecule has 0 atom stereocenters. The molecule has 1 aliphatic carbocycles. The zero-order valence-corrected chi connectivity index (χ0v) is 16.8. The highest BCUT2D eigenvalue weighted by molar-refractivity contribution is 5.92. The molecule has 152 valence electrons. The van der Waals surface area contributed by atoms with Crippen molar-refractivity contribution >= 4 is 17.5 Å². The van der Waals surface area contributed by atoms with E-state index in [0.717, 1.165) is 44.2 Å². The van der Waals surface area contributed by atoms with E-state index in [9.17, 15) is 4.79 Å². The Morgan fingerprint density at radius 2 is 1.79 bits per heavy atom. The van der Waals surface area contributed by atoms with Crippen molar-refractivity contribution in [1.82, 2.24) is 20.3 Å². The lowest BCUT2D eigenvalue weighted by molar-refractivity contribution is 0.0949. The predicted molar refractivity (Wildman–Crippen MR) is 114 cm³/mol. The van der Waals surface area contributed by atoms with Gasteiger partial charge in [0.1, 0.15) is 5.69 Å². The molecule has 1 N–H and O–H groups in total. The number of nitrogens with one attached hydrogen (secondary N) is 1. The van der Waals surface area contributed by atoms with E-state index in [1.54, 1.807) is 18.6 Å². The van der Waals surface area contributed by atoms with Crippen LogP contribution in [0.4, 0.5) is 11.6 Å². The van der Waals surface area contributed by atoms with E-state index in [1.807, 2.05) is 18.2 Å². The molecular weight excluding hydrogens is 364 g/mol. The number of anilines is 2. The Morgan fingerprint density at radius 1 is 1.00 bits per heavy atom. The SMILES string of the molecule is O=C(NCCC1=CCCCC1)c1ccc(N2CCN(c3ncccn3)CC2)cn1. The van der Waals surface area contributed by atoms with Gasteiger partial charge < -0.3 is 15.1 Å². The van der Waals surface area contributed by atoms with Crippen molar-refractivity contribution < 1.29 is 4.79 Å². The zero-order valence-electron chi connectivity index (χ0n) is 16.8. The number of amides is 1. The topological polar surface area (TPSA) is 74.2 Å². The van der Waals surface area contributed by atoms with Crippen LogP contribution in [0.5, 0.6) is 0 Å². The summed E-state index contributed by atoms with van der Waals surface area (Å²) in [6.07, 6.45) is 13.5. The summed E-state index contributed by atoms with van der Waals surface area (Å²) >= 11 is 0. The molecule has 0 unspecified atom stereocenters. The Balaban J connectivity index is 1.25. The average Bonchev–Trinajstić information content (AvgIpc) is 2.80. The van der Waals surface area contributed by atoms with Gasteiger partial charge in [0.05, 0.1) is 11.9 Å². The average molecular weight is 393 g/mol. The monoisotopic (exact) mass is 392 g/mol. The van der Waals surface area contributed by atoms with Crippen molar-refractivity contribution in [3.05, 3.63) is 54.1 Å². The fraction of sp³-hybridized carbons (Fsp3) is 0.455. The number of carbonyl (C=O) groups is 1. The van der Waals surface area contributed by atoms with E-state index in [1.165, 1.54) is 31.3 Å². The first-order valence-corrected chi connectivity index (χ1v) is 10.5. The number of piperazine rings is 1. The molecule has 0 aromatic carbocycles. The molecule has 1 fully saturated rings. The van der Waals surface area contributed by atoms with Crippen molar-refractivity contribution in [1.29, 1.82) is 0 Å². The number of rotatable bonds is 6. The molecule has 1 aliphatic heterocycles. The maximum atomic E-state index is 12.3. The molecule has 7 nitrogen and oxygen atoms in total. The summed E-state index contributed by atoms with van der Waals surface area (Å²) in [5.41, 5.74) is 2.99. The highest BCUT2D eigenvalue weighted by atomic mass is 16.1. The molecule has 7 heteroatoms. The molecule has 4 rings (SSSR count). The maximum Gasteiger partial charge on any atom is 0.269 e. The summed E-state index contributed by atoms with van der Waals surface area (Å²) in [5.74, 6) is 0.681. The molecular formula is C22H28N6O. The Labute approximate surface area is 171 Å². The van der Waals surface area contributed by atoms with Gasteiger partial charge in [-0.3, -0.25) is 4.79 Å². The highest BCUT2D eigenvalue weighted by Crippen LogP contribution is 2.20. The molecule has 29 heavy (non-hydrogen) atoms. The molecule has 2 aliphatic rings. The number of allylic oxidation sites excluding steroid dienone is 1. The fourth-order valence-corrected chi connectivity index (χ4v) is 3.89. The van der Waals surface area contributed by atoms with E-state index < -0.39 is 0 Å². The van der Waals surface area contributed by atoms with Gasteiger partial charge in [-0.2, -0.15) is 0 Å². The number of hydrogen-bond donors (Lipinski definition) is 1. The number of aromatic nitrogens is 3. The second kappa shape index (κ2) is 9.49. The van der Waals surface area contributed by atoms with Gasteiger partial charge >= 0.3 is 0 Å². The molecule has 0 spiro atoms. The Kier molecular flexibility index (Phi) is 6.34. The minimum absolute atomic E-state index is 0.0981. The summed E-state index contributed by atoms with van der Waals surface area (Å²) in [6, 6.07) is 5.63. The van der Waals surface area contributed by atoms with E-state index in [0.29, 0.717) is 12.2 Å². The Hall–Kier alpha value is -2.96. The lowest BCUT2D eigenvalue weighted by atomic mass is 9.97. The van der Waals surface area contributed by atoms with Crippen LogP contribution in [-0.4, -0.2) is 53.6 Å². The largest absolute Gasteiger partial charge is 0.367 e. The first-order valence-electron chi connectivity index (χ1n) is 10.5. The van der Waals surface area contributed by atoms with Gasteiger partial charge in [-0.15, -0.1) is 0 Å². The van der Waals surface area contributed by atoms with Gasteiger partial charge in [0, 0.05) is 45.1 Å². The zero-order chi connectivity index (χ0) is 19.9. The van der Waals surface area contributed by atoms with Gasteiger partial charge in [-0.1, -0.05) is 11.6 Å².